The van der Waals surface area contributed by atoms with Gasteiger partial charge >= 0.3 is 5.69 Å². The summed E-state index contributed by atoms with van der Waals surface area (Å²) in [5.74, 6) is 1.75. The Hall–Kier alpha value is -6.34. The number of hydrogen-bond donors (Lipinski definition) is 0. The zero-order valence-corrected chi connectivity index (χ0v) is 25.7. The van der Waals surface area contributed by atoms with Gasteiger partial charge in [-0.2, -0.15) is 0 Å². The third-order valence-corrected chi connectivity index (χ3v) is 9.01. The number of furan rings is 1. The number of benzene rings is 6. The van der Waals surface area contributed by atoms with E-state index in [1.165, 1.54) is 0 Å². The van der Waals surface area contributed by atoms with Gasteiger partial charge in [-0.1, -0.05) is 84.9 Å². The zero-order valence-electron chi connectivity index (χ0n) is 25.7. The average molecular weight is 610 g/mol. The summed E-state index contributed by atoms with van der Waals surface area (Å²) in [6.45, 7) is 0. The van der Waals surface area contributed by atoms with E-state index in [2.05, 4.69) is 54.6 Å². The van der Waals surface area contributed by atoms with Gasteiger partial charge in [0.15, 0.2) is 17.5 Å². The topological polar surface area (TPSA) is 78.7 Å². The van der Waals surface area contributed by atoms with Crippen LogP contribution in [-0.4, -0.2) is 24.1 Å². The van der Waals surface area contributed by atoms with E-state index in [9.17, 15) is 4.79 Å². The summed E-state index contributed by atoms with van der Waals surface area (Å²) >= 11 is 0. The van der Waals surface area contributed by atoms with Gasteiger partial charge in [0.05, 0.1) is 11.0 Å². The molecule has 0 spiro atoms. The van der Waals surface area contributed by atoms with Crippen LogP contribution in [0.15, 0.2) is 137 Å². The van der Waals surface area contributed by atoms with Crippen molar-refractivity contribution >= 4 is 43.7 Å². The number of hydrogen-bond acceptors (Lipinski definition) is 5. The summed E-state index contributed by atoms with van der Waals surface area (Å²) in [6.07, 6.45) is 0. The van der Waals surface area contributed by atoms with Crippen molar-refractivity contribution in [2.24, 2.45) is 14.1 Å². The van der Waals surface area contributed by atoms with E-state index in [1.807, 2.05) is 72.8 Å². The number of aromatic nitrogens is 5. The summed E-state index contributed by atoms with van der Waals surface area (Å²) < 4.78 is 9.60. The molecule has 3 aromatic heterocycles. The molecule has 224 valence electrons. The van der Waals surface area contributed by atoms with E-state index >= 15 is 0 Å². The van der Waals surface area contributed by atoms with Gasteiger partial charge in [0.25, 0.3) is 0 Å². The molecule has 9 rings (SSSR count). The Bertz CT molecular complexity index is 2740. The quantitative estimate of drug-likeness (QED) is 0.199. The van der Waals surface area contributed by atoms with Crippen molar-refractivity contribution in [2.75, 3.05) is 0 Å². The normalized spacial score (nSPS) is 11.7. The molecule has 47 heavy (non-hydrogen) atoms. The van der Waals surface area contributed by atoms with Gasteiger partial charge in [-0.15, -0.1) is 0 Å². The van der Waals surface area contributed by atoms with Crippen LogP contribution in [0.5, 0.6) is 0 Å². The van der Waals surface area contributed by atoms with Crippen LogP contribution in [0.25, 0.3) is 89.0 Å². The Kier molecular flexibility index (Phi) is 5.95. The lowest BCUT2D eigenvalue weighted by molar-refractivity contribution is 0.669. The number of fused-ring (bicyclic) bond motifs is 6. The maximum absolute atomic E-state index is 12.6. The maximum atomic E-state index is 12.6. The van der Waals surface area contributed by atoms with Crippen LogP contribution >= 0.6 is 0 Å². The number of nitrogens with zero attached hydrogens (tertiary/aromatic N) is 5. The first-order valence-electron chi connectivity index (χ1n) is 15.4. The van der Waals surface area contributed by atoms with Crippen molar-refractivity contribution in [1.82, 2.24) is 24.1 Å². The molecule has 0 N–H and O–H groups in total. The number of rotatable bonds is 4. The SMILES string of the molecule is Cn1c(=O)n(C)c2cc(-c3cccc(-c4nc(-c5ccccc5)nc(-c5ccc6oc7ccc8ccccc8c7c6c5)n4)c3)ccc21. The minimum Gasteiger partial charge on any atom is -0.456 e. The lowest BCUT2D eigenvalue weighted by atomic mass is 10.0. The van der Waals surface area contributed by atoms with Crippen LogP contribution in [0.3, 0.4) is 0 Å². The highest BCUT2D eigenvalue weighted by molar-refractivity contribution is 6.19. The highest BCUT2D eigenvalue weighted by Gasteiger charge is 2.17. The molecule has 0 saturated heterocycles. The Balaban J connectivity index is 1.22. The van der Waals surface area contributed by atoms with Crippen LogP contribution < -0.4 is 5.69 Å². The number of imidazole rings is 1. The minimum atomic E-state index is -0.0492. The zero-order chi connectivity index (χ0) is 31.6. The fraction of sp³-hybridized carbons (Fsp3) is 0.0500. The van der Waals surface area contributed by atoms with E-state index in [-0.39, 0.29) is 5.69 Å². The fourth-order valence-electron chi connectivity index (χ4n) is 6.56. The third kappa shape index (κ3) is 4.35. The van der Waals surface area contributed by atoms with Crippen molar-refractivity contribution in [1.29, 1.82) is 0 Å². The molecule has 7 heteroatoms. The molecule has 0 aliphatic rings. The van der Waals surface area contributed by atoms with Crippen LogP contribution in [0.1, 0.15) is 0 Å². The second-order valence-corrected chi connectivity index (χ2v) is 11.8. The highest BCUT2D eigenvalue weighted by Crippen LogP contribution is 2.37. The molecule has 0 amide bonds. The molecule has 7 nitrogen and oxygen atoms in total. The standard InChI is InChI=1S/C40H27N5O2/c1-44-32-18-15-27(23-33(32)45(2)40(44)46)26-12-8-13-28(21-26)38-41-37(25-10-4-3-5-11-25)42-39(43-38)29-17-19-34-31(22-29)36-30-14-7-6-9-24(30)16-20-35(36)47-34/h3-23H,1-2H3. The van der Waals surface area contributed by atoms with E-state index in [4.69, 9.17) is 19.4 Å². The summed E-state index contributed by atoms with van der Waals surface area (Å²) in [7, 11) is 3.59. The Morgan fingerprint density at radius 2 is 1.11 bits per heavy atom. The van der Waals surface area contributed by atoms with Gasteiger partial charge in [-0.05, 0) is 64.4 Å². The minimum absolute atomic E-state index is 0.0492. The largest absolute Gasteiger partial charge is 0.456 e. The van der Waals surface area contributed by atoms with E-state index in [0.717, 1.165) is 71.6 Å². The molecule has 0 aliphatic heterocycles. The smallest absolute Gasteiger partial charge is 0.328 e. The second-order valence-electron chi connectivity index (χ2n) is 11.8. The second kappa shape index (κ2) is 10.4. The van der Waals surface area contributed by atoms with Gasteiger partial charge in [-0.25, -0.2) is 19.7 Å². The molecule has 9 aromatic rings. The van der Waals surface area contributed by atoms with Gasteiger partial charge in [0, 0.05) is 41.6 Å². The predicted octanol–water partition coefficient (Wildman–Crippen LogP) is 8.78. The van der Waals surface area contributed by atoms with Crippen molar-refractivity contribution in [3.63, 3.8) is 0 Å². The molecule has 3 heterocycles. The molecule has 0 fully saturated rings. The molecular formula is C40H27N5O2. The van der Waals surface area contributed by atoms with Crippen molar-refractivity contribution < 1.29 is 4.42 Å². The molecule has 0 unspecified atom stereocenters. The van der Waals surface area contributed by atoms with Crippen LogP contribution in [0, 0.1) is 0 Å². The molecule has 6 aromatic carbocycles. The van der Waals surface area contributed by atoms with E-state index in [1.54, 1.807) is 23.2 Å². The van der Waals surface area contributed by atoms with Crippen molar-refractivity contribution in [3.8, 4) is 45.3 Å². The first-order valence-corrected chi connectivity index (χ1v) is 15.4. The van der Waals surface area contributed by atoms with E-state index in [0.29, 0.717) is 17.5 Å². The molecular weight excluding hydrogens is 582 g/mol. The van der Waals surface area contributed by atoms with Gasteiger partial charge in [0.2, 0.25) is 0 Å². The summed E-state index contributed by atoms with van der Waals surface area (Å²) in [6, 6.07) is 42.9. The Morgan fingerprint density at radius 1 is 0.489 bits per heavy atom. The van der Waals surface area contributed by atoms with Gasteiger partial charge in [-0.3, -0.25) is 9.13 Å². The molecule has 0 saturated carbocycles. The third-order valence-electron chi connectivity index (χ3n) is 9.01. The van der Waals surface area contributed by atoms with Crippen molar-refractivity contribution in [2.45, 2.75) is 0 Å². The first kappa shape index (κ1) is 27.0. The van der Waals surface area contributed by atoms with Gasteiger partial charge < -0.3 is 4.42 Å². The first-order chi connectivity index (χ1) is 23.0. The van der Waals surface area contributed by atoms with Crippen molar-refractivity contribution in [3.05, 3.63) is 138 Å². The monoisotopic (exact) mass is 609 g/mol. The maximum Gasteiger partial charge on any atom is 0.328 e. The lowest BCUT2D eigenvalue weighted by Crippen LogP contribution is -2.19. The molecule has 0 radical (unpaired) electrons. The summed E-state index contributed by atoms with van der Waals surface area (Å²) in [4.78, 5) is 27.5. The van der Waals surface area contributed by atoms with Crippen LogP contribution in [-0.2, 0) is 14.1 Å². The van der Waals surface area contributed by atoms with Crippen LogP contribution in [0.2, 0.25) is 0 Å². The molecule has 0 aliphatic carbocycles. The average Bonchev–Trinajstić information content (AvgIpc) is 3.62. The Morgan fingerprint density at radius 3 is 1.94 bits per heavy atom. The Labute approximate surface area is 269 Å². The molecule has 0 bridgehead atoms. The van der Waals surface area contributed by atoms with E-state index < -0.39 is 0 Å². The predicted molar refractivity (Wildman–Crippen MR) is 188 cm³/mol. The fourth-order valence-corrected chi connectivity index (χ4v) is 6.56. The lowest BCUT2D eigenvalue weighted by Gasteiger charge is -2.10. The molecule has 0 atom stereocenters. The number of aryl methyl sites for hydroxylation is 2. The van der Waals surface area contributed by atoms with Gasteiger partial charge in [0.1, 0.15) is 11.2 Å². The summed E-state index contributed by atoms with van der Waals surface area (Å²) in [5, 5.41) is 4.41. The highest BCUT2D eigenvalue weighted by atomic mass is 16.3. The summed E-state index contributed by atoms with van der Waals surface area (Å²) in [5.41, 5.74) is 8.04. The van der Waals surface area contributed by atoms with Crippen LogP contribution in [0.4, 0.5) is 0 Å².